The highest BCUT2D eigenvalue weighted by Crippen LogP contribution is 2.04. The number of aromatic nitrogens is 2. The fourth-order valence-electron chi connectivity index (χ4n) is 1.35. The Morgan fingerprint density at radius 2 is 2.11 bits per heavy atom. The number of rotatable bonds is 6. The van der Waals surface area contributed by atoms with Crippen molar-refractivity contribution in [2.24, 2.45) is 0 Å². The molecule has 8 nitrogen and oxygen atoms in total. The Bertz CT molecular complexity index is 469. The molecule has 19 heavy (non-hydrogen) atoms. The van der Waals surface area contributed by atoms with E-state index in [0.717, 1.165) is 0 Å². The molecule has 1 aromatic rings. The zero-order chi connectivity index (χ0) is 14.3. The Labute approximate surface area is 109 Å². The van der Waals surface area contributed by atoms with E-state index in [4.69, 9.17) is 5.11 Å². The highest BCUT2D eigenvalue weighted by molar-refractivity contribution is 6.01. The Kier molecular flexibility index (Phi) is 5.52. The average Bonchev–Trinajstić information content (AvgIpc) is 2.75. The van der Waals surface area contributed by atoms with Crippen LogP contribution < -0.4 is 10.6 Å². The van der Waals surface area contributed by atoms with Gasteiger partial charge in [-0.05, 0) is 13.3 Å². The summed E-state index contributed by atoms with van der Waals surface area (Å²) in [4.78, 5) is 33.0. The molecule has 0 spiro atoms. The summed E-state index contributed by atoms with van der Waals surface area (Å²) in [5.74, 6) is -1.48. The molecule has 0 aliphatic heterocycles. The number of urea groups is 1. The van der Waals surface area contributed by atoms with Crippen molar-refractivity contribution in [3.63, 3.8) is 0 Å². The zero-order valence-electron chi connectivity index (χ0n) is 10.5. The number of aryl methyl sites for hydroxylation is 1. The fourth-order valence-corrected chi connectivity index (χ4v) is 1.35. The molecule has 1 heterocycles. The minimum atomic E-state index is -0.968. The number of carbonyl (C=O) groups is 3. The summed E-state index contributed by atoms with van der Waals surface area (Å²) in [6, 6.07) is -0.657. The molecule has 8 heteroatoms. The minimum absolute atomic E-state index is 0.00601. The largest absolute Gasteiger partial charge is 0.481 e. The quantitative estimate of drug-likeness (QED) is 0.706. The van der Waals surface area contributed by atoms with E-state index in [0.29, 0.717) is 12.2 Å². The number of carboxylic acid groups (broad SMARTS) is 1. The fraction of sp³-hybridized carbons (Fsp3) is 0.455. The highest BCUT2D eigenvalue weighted by atomic mass is 16.4. The first-order chi connectivity index (χ1) is 9.01. The molecule has 0 saturated heterocycles. The number of amides is 3. The third-order valence-corrected chi connectivity index (χ3v) is 2.26. The molecule has 0 unspecified atom stereocenters. The van der Waals surface area contributed by atoms with Crippen LogP contribution >= 0.6 is 0 Å². The molecule has 104 valence electrons. The number of carboxylic acids is 1. The Balaban J connectivity index is 2.30. The molecule has 0 saturated carbocycles. The van der Waals surface area contributed by atoms with Crippen LogP contribution in [0.15, 0.2) is 12.4 Å². The Morgan fingerprint density at radius 3 is 2.68 bits per heavy atom. The van der Waals surface area contributed by atoms with Gasteiger partial charge in [-0.2, -0.15) is 5.10 Å². The predicted molar refractivity (Wildman–Crippen MR) is 66.5 cm³/mol. The van der Waals surface area contributed by atoms with Gasteiger partial charge in [-0.3, -0.25) is 19.6 Å². The lowest BCUT2D eigenvalue weighted by Crippen LogP contribution is -2.34. The smallest absolute Gasteiger partial charge is 0.325 e. The van der Waals surface area contributed by atoms with E-state index in [-0.39, 0.29) is 19.3 Å². The topological polar surface area (TPSA) is 113 Å². The van der Waals surface area contributed by atoms with Crippen LogP contribution in [-0.2, 0) is 16.1 Å². The predicted octanol–water partition coefficient (Wildman–Crippen LogP) is 0.806. The number of nitrogens with zero attached hydrogens (tertiary/aromatic N) is 2. The number of hydrogen-bond acceptors (Lipinski definition) is 4. The lowest BCUT2D eigenvalue weighted by atomic mass is 10.2. The van der Waals surface area contributed by atoms with Gasteiger partial charge in [0.2, 0.25) is 5.91 Å². The molecule has 0 bridgehead atoms. The standard InChI is InChI=1S/C11H16N4O4/c1-2-15-7-8(6-12-15)13-11(19)14-9(16)4-3-5-10(17)18/h6-7H,2-5H2,1H3,(H,17,18)(H2,13,14,16,19). The van der Waals surface area contributed by atoms with Gasteiger partial charge in [0.25, 0.3) is 0 Å². The van der Waals surface area contributed by atoms with E-state index in [1.165, 1.54) is 6.20 Å². The summed E-state index contributed by atoms with van der Waals surface area (Å²) >= 11 is 0. The molecule has 0 aliphatic rings. The SMILES string of the molecule is CCn1cc(NC(=O)NC(=O)CCCC(=O)O)cn1. The van der Waals surface area contributed by atoms with Gasteiger partial charge in [0.1, 0.15) is 0 Å². The van der Waals surface area contributed by atoms with Crippen LogP contribution in [-0.4, -0.2) is 32.8 Å². The molecule has 1 aromatic heterocycles. The van der Waals surface area contributed by atoms with Crippen LogP contribution in [0.25, 0.3) is 0 Å². The first-order valence-electron chi connectivity index (χ1n) is 5.86. The molecule has 0 radical (unpaired) electrons. The van der Waals surface area contributed by atoms with Gasteiger partial charge in [-0.25, -0.2) is 4.79 Å². The third-order valence-electron chi connectivity index (χ3n) is 2.26. The molecule has 0 atom stereocenters. The first kappa shape index (κ1) is 14.7. The second-order valence-electron chi connectivity index (χ2n) is 3.83. The second-order valence-corrected chi connectivity index (χ2v) is 3.83. The summed E-state index contributed by atoms with van der Waals surface area (Å²) in [6.07, 6.45) is 3.20. The number of nitrogens with one attached hydrogen (secondary N) is 2. The van der Waals surface area contributed by atoms with Gasteiger partial charge >= 0.3 is 12.0 Å². The number of hydrogen-bond donors (Lipinski definition) is 3. The van der Waals surface area contributed by atoms with Gasteiger partial charge < -0.3 is 10.4 Å². The van der Waals surface area contributed by atoms with Crippen LogP contribution in [0.3, 0.4) is 0 Å². The minimum Gasteiger partial charge on any atom is -0.481 e. The molecular weight excluding hydrogens is 252 g/mol. The maximum absolute atomic E-state index is 11.4. The van der Waals surface area contributed by atoms with Crippen molar-refractivity contribution in [3.8, 4) is 0 Å². The van der Waals surface area contributed by atoms with Crippen LogP contribution in [0.4, 0.5) is 10.5 Å². The lowest BCUT2D eigenvalue weighted by Gasteiger charge is -2.04. The number of anilines is 1. The zero-order valence-corrected chi connectivity index (χ0v) is 10.5. The molecule has 3 amide bonds. The van der Waals surface area contributed by atoms with E-state index in [9.17, 15) is 14.4 Å². The third kappa shape index (κ3) is 5.66. The van der Waals surface area contributed by atoms with Crippen LogP contribution in [0.5, 0.6) is 0 Å². The van der Waals surface area contributed by atoms with Crippen molar-refractivity contribution in [3.05, 3.63) is 12.4 Å². The molecule has 0 aliphatic carbocycles. The Hall–Kier alpha value is -2.38. The normalized spacial score (nSPS) is 9.95. The van der Waals surface area contributed by atoms with Crippen LogP contribution in [0.2, 0.25) is 0 Å². The van der Waals surface area contributed by atoms with Crippen molar-refractivity contribution < 1.29 is 19.5 Å². The van der Waals surface area contributed by atoms with Gasteiger partial charge in [0, 0.05) is 25.6 Å². The summed E-state index contributed by atoms with van der Waals surface area (Å²) in [6.45, 7) is 2.58. The summed E-state index contributed by atoms with van der Waals surface area (Å²) in [7, 11) is 0. The Morgan fingerprint density at radius 1 is 1.37 bits per heavy atom. The summed E-state index contributed by atoms with van der Waals surface area (Å²) in [5.41, 5.74) is 0.484. The van der Waals surface area contributed by atoms with Crippen molar-refractivity contribution in [1.29, 1.82) is 0 Å². The summed E-state index contributed by atoms with van der Waals surface area (Å²) in [5, 5.41) is 16.9. The summed E-state index contributed by atoms with van der Waals surface area (Å²) < 4.78 is 1.63. The molecule has 0 aromatic carbocycles. The number of aliphatic carboxylic acids is 1. The van der Waals surface area contributed by atoms with E-state index in [1.807, 2.05) is 6.92 Å². The molecular formula is C11H16N4O4. The van der Waals surface area contributed by atoms with E-state index < -0.39 is 17.9 Å². The van der Waals surface area contributed by atoms with Gasteiger partial charge in [-0.1, -0.05) is 0 Å². The van der Waals surface area contributed by atoms with Gasteiger partial charge in [-0.15, -0.1) is 0 Å². The van der Waals surface area contributed by atoms with Gasteiger partial charge in [0.05, 0.1) is 11.9 Å². The molecule has 0 fully saturated rings. The second kappa shape index (κ2) is 7.14. The van der Waals surface area contributed by atoms with Crippen molar-refractivity contribution in [2.75, 3.05) is 5.32 Å². The molecule has 1 rings (SSSR count). The highest BCUT2D eigenvalue weighted by Gasteiger charge is 2.09. The van der Waals surface area contributed by atoms with Crippen LogP contribution in [0, 0.1) is 0 Å². The van der Waals surface area contributed by atoms with Crippen molar-refractivity contribution in [1.82, 2.24) is 15.1 Å². The van der Waals surface area contributed by atoms with E-state index >= 15 is 0 Å². The number of imide groups is 1. The lowest BCUT2D eigenvalue weighted by molar-refractivity contribution is -0.137. The van der Waals surface area contributed by atoms with Crippen molar-refractivity contribution in [2.45, 2.75) is 32.7 Å². The molecule has 3 N–H and O–H groups in total. The maximum Gasteiger partial charge on any atom is 0.325 e. The average molecular weight is 268 g/mol. The van der Waals surface area contributed by atoms with Crippen molar-refractivity contribution >= 4 is 23.6 Å². The maximum atomic E-state index is 11.4. The van der Waals surface area contributed by atoms with Gasteiger partial charge in [0.15, 0.2) is 0 Å². The van der Waals surface area contributed by atoms with E-state index in [1.54, 1.807) is 10.9 Å². The monoisotopic (exact) mass is 268 g/mol. The first-order valence-corrected chi connectivity index (χ1v) is 5.86. The van der Waals surface area contributed by atoms with E-state index in [2.05, 4.69) is 15.7 Å². The number of carbonyl (C=O) groups excluding carboxylic acids is 2. The van der Waals surface area contributed by atoms with Crippen LogP contribution in [0.1, 0.15) is 26.2 Å².